The van der Waals surface area contributed by atoms with E-state index in [1.807, 2.05) is 30.3 Å². The van der Waals surface area contributed by atoms with E-state index in [1.165, 1.54) is 28.5 Å². The Morgan fingerprint density at radius 1 is 1.22 bits per heavy atom. The van der Waals surface area contributed by atoms with E-state index in [2.05, 4.69) is 45.6 Å². The van der Waals surface area contributed by atoms with Gasteiger partial charge in [-0.1, -0.05) is 65.9 Å². The SMILES string of the molecule is Cc1ccc(-c2nc(SCC(=O)N[C@H]3CCCc4ccccc43)n[nH]2)cc1. The van der Waals surface area contributed by atoms with Crippen molar-refractivity contribution in [3.63, 3.8) is 0 Å². The zero-order chi connectivity index (χ0) is 18.6. The van der Waals surface area contributed by atoms with Crippen LogP contribution in [0.25, 0.3) is 11.4 Å². The van der Waals surface area contributed by atoms with Crippen molar-refractivity contribution >= 4 is 17.7 Å². The van der Waals surface area contributed by atoms with E-state index < -0.39 is 0 Å². The summed E-state index contributed by atoms with van der Waals surface area (Å²) < 4.78 is 0. The molecular formula is C21H22N4OS. The highest BCUT2D eigenvalue weighted by Gasteiger charge is 2.21. The van der Waals surface area contributed by atoms with Crippen molar-refractivity contribution in [2.75, 3.05) is 5.75 Å². The molecule has 5 nitrogen and oxygen atoms in total. The Morgan fingerprint density at radius 2 is 2.04 bits per heavy atom. The normalized spacial score (nSPS) is 16.0. The fourth-order valence-electron chi connectivity index (χ4n) is 3.42. The summed E-state index contributed by atoms with van der Waals surface area (Å²) in [5.74, 6) is 1.05. The first-order chi connectivity index (χ1) is 13.2. The lowest BCUT2D eigenvalue weighted by atomic mass is 9.88. The van der Waals surface area contributed by atoms with Crippen LogP contribution in [0, 0.1) is 6.92 Å². The number of aryl methyl sites for hydroxylation is 2. The number of carbonyl (C=O) groups excluding carboxylic acids is 1. The van der Waals surface area contributed by atoms with Gasteiger partial charge in [0, 0.05) is 5.56 Å². The molecule has 3 aromatic rings. The molecule has 1 aliphatic carbocycles. The molecule has 1 heterocycles. The van der Waals surface area contributed by atoms with Crippen molar-refractivity contribution in [1.82, 2.24) is 20.5 Å². The number of benzene rings is 2. The number of hydrogen-bond donors (Lipinski definition) is 2. The minimum Gasteiger partial charge on any atom is -0.349 e. The van der Waals surface area contributed by atoms with Gasteiger partial charge in [0.1, 0.15) is 0 Å². The average Bonchev–Trinajstić information content (AvgIpc) is 3.16. The number of amides is 1. The highest BCUT2D eigenvalue weighted by molar-refractivity contribution is 7.99. The summed E-state index contributed by atoms with van der Waals surface area (Å²) in [7, 11) is 0. The Balaban J connectivity index is 1.34. The number of aromatic nitrogens is 3. The van der Waals surface area contributed by atoms with E-state index >= 15 is 0 Å². The van der Waals surface area contributed by atoms with Gasteiger partial charge in [-0.15, -0.1) is 5.10 Å². The number of H-pyrrole nitrogens is 1. The second kappa shape index (κ2) is 7.96. The van der Waals surface area contributed by atoms with Crippen LogP contribution in [0.4, 0.5) is 0 Å². The number of nitrogens with zero attached hydrogens (tertiary/aromatic N) is 2. The summed E-state index contributed by atoms with van der Waals surface area (Å²) in [5, 5.41) is 10.9. The smallest absolute Gasteiger partial charge is 0.230 e. The summed E-state index contributed by atoms with van der Waals surface area (Å²) in [4.78, 5) is 16.9. The van der Waals surface area contributed by atoms with Crippen LogP contribution in [0.5, 0.6) is 0 Å². The summed E-state index contributed by atoms with van der Waals surface area (Å²) in [5.41, 5.74) is 4.79. The summed E-state index contributed by atoms with van der Waals surface area (Å²) in [6, 6.07) is 16.6. The van der Waals surface area contributed by atoms with Crippen molar-refractivity contribution < 1.29 is 4.79 Å². The molecule has 1 aliphatic rings. The quantitative estimate of drug-likeness (QED) is 0.657. The van der Waals surface area contributed by atoms with E-state index in [4.69, 9.17) is 0 Å². The highest BCUT2D eigenvalue weighted by Crippen LogP contribution is 2.29. The van der Waals surface area contributed by atoms with E-state index in [-0.39, 0.29) is 11.9 Å². The molecule has 2 aromatic carbocycles. The van der Waals surface area contributed by atoms with Crippen molar-refractivity contribution in [2.24, 2.45) is 0 Å². The lowest BCUT2D eigenvalue weighted by molar-refractivity contribution is -0.119. The Bertz CT molecular complexity index is 935. The molecule has 1 aromatic heterocycles. The van der Waals surface area contributed by atoms with E-state index in [9.17, 15) is 4.79 Å². The third-order valence-corrected chi connectivity index (χ3v) is 5.67. The van der Waals surface area contributed by atoms with Crippen LogP contribution in [0.3, 0.4) is 0 Å². The molecule has 4 rings (SSSR count). The molecule has 27 heavy (non-hydrogen) atoms. The van der Waals surface area contributed by atoms with Gasteiger partial charge in [0.25, 0.3) is 0 Å². The maximum Gasteiger partial charge on any atom is 0.230 e. The Morgan fingerprint density at radius 3 is 2.89 bits per heavy atom. The molecule has 0 saturated carbocycles. The molecular weight excluding hydrogens is 356 g/mol. The van der Waals surface area contributed by atoms with Crippen LogP contribution in [0.15, 0.2) is 53.7 Å². The first kappa shape index (κ1) is 17.8. The fourth-order valence-corrected chi connectivity index (χ4v) is 4.03. The minimum atomic E-state index is 0.0170. The number of fused-ring (bicyclic) bond motifs is 1. The van der Waals surface area contributed by atoms with Crippen molar-refractivity contribution in [3.05, 3.63) is 65.2 Å². The number of aromatic amines is 1. The molecule has 0 radical (unpaired) electrons. The van der Waals surface area contributed by atoms with Crippen LogP contribution >= 0.6 is 11.8 Å². The number of thioether (sulfide) groups is 1. The van der Waals surface area contributed by atoms with E-state index in [0.29, 0.717) is 10.9 Å². The average molecular weight is 379 g/mol. The highest BCUT2D eigenvalue weighted by atomic mass is 32.2. The van der Waals surface area contributed by atoms with Gasteiger partial charge in [-0.2, -0.15) is 0 Å². The Labute approximate surface area is 163 Å². The minimum absolute atomic E-state index is 0.0170. The number of nitrogens with one attached hydrogen (secondary N) is 2. The molecule has 138 valence electrons. The maximum absolute atomic E-state index is 12.4. The van der Waals surface area contributed by atoms with E-state index in [1.54, 1.807) is 0 Å². The molecule has 0 spiro atoms. The van der Waals surface area contributed by atoms with Crippen molar-refractivity contribution in [3.8, 4) is 11.4 Å². The third kappa shape index (κ3) is 4.22. The van der Waals surface area contributed by atoms with Gasteiger partial charge < -0.3 is 5.32 Å². The van der Waals surface area contributed by atoms with Crippen LogP contribution in [-0.4, -0.2) is 26.8 Å². The molecule has 0 fully saturated rings. The predicted octanol–water partition coefficient (Wildman–Crippen LogP) is 4.07. The molecule has 0 unspecified atom stereocenters. The lowest BCUT2D eigenvalue weighted by Gasteiger charge is -2.26. The summed E-state index contributed by atoms with van der Waals surface area (Å²) in [6.07, 6.45) is 3.19. The van der Waals surface area contributed by atoms with Crippen LogP contribution in [0.2, 0.25) is 0 Å². The monoisotopic (exact) mass is 378 g/mol. The predicted molar refractivity (Wildman–Crippen MR) is 108 cm³/mol. The van der Waals surface area contributed by atoms with Crippen molar-refractivity contribution in [1.29, 1.82) is 0 Å². The van der Waals surface area contributed by atoms with Crippen LogP contribution in [0.1, 0.15) is 35.6 Å². The van der Waals surface area contributed by atoms with Gasteiger partial charge in [-0.05, 0) is 37.3 Å². The number of carbonyl (C=O) groups is 1. The summed E-state index contributed by atoms with van der Waals surface area (Å²) in [6.45, 7) is 2.05. The first-order valence-electron chi connectivity index (χ1n) is 9.18. The van der Waals surface area contributed by atoms with Crippen LogP contribution in [-0.2, 0) is 11.2 Å². The van der Waals surface area contributed by atoms with Gasteiger partial charge in [-0.25, -0.2) is 4.98 Å². The lowest BCUT2D eigenvalue weighted by Crippen LogP contribution is -2.32. The van der Waals surface area contributed by atoms with Gasteiger partial charge in [0.2, 0.25) is 11.1 Å². The van der Waals surface area contributed by atoms with Gasteiger partial charge >= 0.3 is 0 Å². The fraction of sp³-hybridized carbons (Fsp3) is 0.286. The molecule has 0 saturated heterocycles. The zero-order valence-electron chi connectivity index (χ0n) is 15.2. The van der Waals surface area contributed by atoms with Gasteiger partial charge in [0.15, 0.2) is 5.82 Å². The second-order valence-electron chi connectivity index (χ2n) is 6.83. The van der Waals surface area contributed by atoms with Crippen LogP contribution < -0.4 is 5.32 Å². The molecule has 1 amide bonds. The van der Waals surface area contributed by atoms with Crippen molar-refractivity contribution in [2.45, 2.75) is 37.4 Å². The Hall–Kier alpha value is -2.60. The van der Waals surface area contributed by atoms with Gasteiger partial charge in [0.05, 0.1) is 11.8 Å². The van der Waals surface area contributed by atoms with Gasteiger partial charge in [-0.3, -0.25) is 9.89 Å². The molecule has 0 aliphatic heterocycles. The zero-order valence-corrected chi connectivity index (χ0v) is 16.1. The standard InChI is InChI=1S/C21H22N4OS/c1-14-9-11-16(12-10-14)20-23-21(25-24-20)27-13-19(26)22-18-8-4-6-15-5-2-3-7-17(15)18/h2-3,5,7,9-12,18H,4,6,8,13H2,1H3,(H,22,26)(H,23,24,25)/t18-/m0/s1. The topological polar surface area (TPSA) is 70.7 Å². The second-order valence-corrected chi connectivity index (χ2v) is 7.77. The number of hydrogen-bond acceptors (Lipinski definition) is 4. The largest absolute Gasteiger partial charge is 0.349 e. The number of rotatable bonds is 5. The first-order valence-corrected chi connectivity index (χ1v) is 10.2. The van der Waals surface area contributed by atoms with E-state index in [0.717, 1.165) is 30.7 Å². The molecule has 0 bridgehead atoms. The molecule has 2 N–H and O–H groups in total. The summed E-state index contributed by atoms with van der Waals surface area (Å²) >= 11 is 1.35. The third-order valence-electron chi connectivity index (χ3n) is 4.83. The Kier molecular flexibility index (Phi) is 5.25. The maximum atomic E-state index is 12.4. The molecule has 1 atom stereocenters. The molecule has 6 heteroatoms.